The number of piperazine rings is 1. The number of nitrogens with zero attached hydrogens (tertiary/aromatic N) is 4. The Morgan fingerprint density at radius 2 is 1.58 bits per heavy atom. The molecule has 1 N–H and O–H groups in total. The fraction of sp³-hybridized carbons (Fsp3) is 0.263. The summed E-state index contributed by atoms with van der Waals surface area (Å²) in [6.07, 6.45) is 1.52. The smallest absolute Gasteiger partial charge is 0.347 e. The molecule has 26 heavy (non-hydrogen) atoms. The molecule has 0 unspecified atom stereocenters. The fourth-order valence-corrected chi connectivity index (χ4v) is 3.35. The minimum absolute atomic E-state index is 0.227. The molecule has 1 aliphatic heterocycles. The van der Waals surface area contributed by atoms with Crippen molar-refractivity contribution >= 4 is 11.4 Å². The van der Waals surface area contributed by atoms with Crippen LogP contribution in [0.25, 0.3) is 5.69 Å². The van der Waals surface area contributed by atoms with Crippen molar-refractivity contribution in [2.24, 2.45) is 0 Å². The average molecular weight is 351 g/mol. The molecule has 4 rings (SSSR count). The third kappa shape index (κ3) is 3.03. The van der Waals surface area contributed by atoms with Crippen molar-refractivity contribution in [2.45, 2.75) is 0 Å². The van der Waals surface area contributed by atoms with Gasteiger partial charge in [-0.05, 0) is 36.4 Å². The van der Waals surface area contributed by atoms with Gasteiger partial charge in [-0.2, -0.15) is 5.10 Å². The maximum Gasteiger partial charge on any atom is 0.347 e. The van der Waals surface area contributed by atoms with Crippen molar-refractivity contribution in [3.63, 3.8) is 0 Å². The van der Waals surface area contributed by atoms with Crippen molar-refractivity contribution in [2.75, 3.05) is 43.1 Å². The van der Waals surface area contributed by atoms with Gasteiger partial charge >= 0.3 is 5.69 Å². The summed E-state index contributed by atoms with van der Waals surface area (Å²) < 4.78 is 6.77. The monoisotopic (exact) mass is 351 g/mol. The quantitative estimate of drug-likeness (QED) is 0.778. The van der Waals surface area contributed by atoms with Crippen LogP contribution < -0.4 is 20.2 Å². The summed E-state index contributed by atoms with van der Waals surface area (Å²) in [6.45, 7) is 3.60. The van der Waals surface area contributed by atoms with Gasteiger partial charge in [0.2, 0.25) is 0 Å². The molecule has 3 aromatic rings. The van der Waals surface area contributed by atoms with Crippen molar-refractivity contribution in [1.29, 1.82) is 0 Å². The second-order valence-electron chi connectivity index (χ2n) is 6.19. The highest BCUT2D eigenvalue weighted by atomic mass is 16.5. The van der Waals surface area contributed by atoms with Crippen LogP contribution in [0.2, 0.25) is 0 Å². The number of aromatic amines is 1. The zero-order valence-corrected chi connectivity index (χ0v) is 14.6. The molecule has 0 saturated carbocycles. The van der Waals surface area contributed by atoms with Crippen molar-refractivity contribution in [3.8, 4) is 11.4 Å². The molecule has 2 aromatic carbocycles. The van der Waals surface area contributed by atoms with Crippen LogP contribution in [0.15, 0.2) is 59.7 Å². The van der Waals surface area contributed by atoms with Gasteiger partial charge in [0.15, 0.2) is 0 Å². The van der Waals surface area contributed by atoms with E-state index in [-0.39, 0.29) is 5.69 Å². The van der Waals surface area contributed by atoms with Gasteiger partial charge in [0.05, 0.1) is 18.5 Å². The van der Waals surface area contributed by atoms with Gasteiger partial charge in [-0.1, -0.05) is 12.1 Å². The first-order chi connectivity index (χ1) is 12.8. The standard InChI is InChI=1S/C19H21N5O2/c1-26-16-8-6-15(7-9-16)22-10-12-23(13-11-22)17-4-2-3-5-18(17)24-14-20-21-19(24)25/h2-9,14H,10-13H2,1H3,(H,21,25). The fourth-order valence-electron chi connectivity index (χ4n) is 3.35. The maximum absolute atomic E-state index is 12.0. The molecule has 1 saturated heterocycles. The molecule has 0 radical (unpaired) electrons. The Morgan fingerprint density at radius 3 is 2.19 bits per heavy atom. The first-order valence-electron chi connectivity index (χ1n) is 8.61. The summed E-state index contributed by atoms with van der Waals surface area (Å²) in [6, 6.07) is 16.1. The number of hydrogen-bond donors (Lipinski definition) is 1. The van der Waals surface area contributed by atoms with E-state index in [2.05, 4.69) is 38.2 Å². The highest BCUT2D eigenvalue weighted by Crippen LogP contribution is 2.26. The molecule has 7 heteroatoms. The lowest BCUT2D eigenvalue weighted by Gasteiger charge is -2.38. The minimum atomic E-state index is -0.227. The third-order valence-corrected chi connectivity index (χ3v) is 4.75. The Balaban J connectivity index is 1.52. The van der Waals surface area contributed by atoms with Crippen LogP contribution in [0.5, 0.6) is 5.75 Å². The largest absolute Gasteiger partial charge is 0.497 e. The van der Waals surface area contributed by atoms with Crippen molar-refractivity contribution < 1.29 is 4.74 Å². The molecule has 0 atom stereocenters. The van der Waals surface area contributed by atoms with Crippen LogP contribution in [0.4, 0.5) is 11.4 Å². The highest BCUT2D eigenvalue weighted by molar-refractivity contribution is 5.63. The van der Waals surface area contributed by atoms with Gasteiger partial charge in [0, 0.05) is 31.9 Å². The van der Waals surface area contributed by atoms with E-state index in [1.165, 1.54) is 12.0 Å². The highest BCUT2D eigenvalue weighted by Gasteiger charge is 2.20. The molecular weight excluding hydrogens is 330 g/mol. The number of methoxy groups -OCH3 is 1. The number of nitrogens with one attached hydrogen (secondary N) is 1. The molecule has 0 aliphatic carbocycles. The van der Waals surface area contributed by atoms with Crippen LogP contribution in [0, 0.1) is 0 Å². The maximum atomic E-state index is 12.0. The van der Waals surface area contributed by atoms with E-state index in [1.807, 2.05) is 30.3 Å². The Morgan fingerprint density at radius 1 is 0.923 bits per heavy atom. The molecule has 0 amide bonds. The van der Waals surface area contributed by atoms with Gasteiger partial charge in [-0.3, -0.25) is 0 Å². The summed E-state index contributed by atoms with van der Waals surface area (Å²) >= 11 is 0. The molecule has 2 heterocycles. The first-order valence-corrected chi connectivity index (χ1v) is 8.61. The zero-order chi connectivity index (χ0) is 17.9. The topological polar surface area (TPSA) is 66.4 Å². The van der Waals surface area contributed by atoms with E-state index < -0.39 is 0 Å². The third-order valence-electron chi connectivity index (χ3n) is 4.75. The van der Waals surface area contributed by atoms with Gasteiger partial charge < -0.3 is 14.5 Å². The van der Waals surface area contributed by atoms with Crippen LogP contribution in [0.3, 0.4) is 0 Å². The van der Waals surface area contributed by atoms with E-state index in [0.717, 1.165) is 43.3 Å². The molecule has 1 aromatic heterocycles. The Bertz CT molecular complexity index is 923. The Labute approximate surface area is 151 Å². The Kier molecular flexibility index (Phi) is 4.35. The minimum Gasteiger partial charge on any atom is -0.497 e. The summed E-state index contributed by atoms with van der Waals surface area (Å²) in [5, 5.41) is 6.29. The lowest BCUT2D eigenvalue weighted by Crippen LogP contribution is -2.46. The second-order valence-corrected chi connectivity index (χ2v) is 6.19. The number of benzene rings is 2. The lowest BCUT2D eigenvalue weighted by atomic mass is 10.2. The zero-order valence-electron chi connectivity index (χ0n) is 14.6. The van der Waals surface area contributed by atoms with E-state index in [1.54, 1.807) is 11.7 Å². The SMILES string of the molecule is COc1ccc(N2CCN(c3ccccc3-n3cn[nH]c3=O)CC2)cc1. The van der Waals surface area contributed by atoms with Crippen LogP contribution in [-0.4, -0.2) is 48.1 Å². The lowest BCUT2D eigenvalue weighted by molar-refractivity contribution is 0.415. The normalized spacial score (nSPS) is 14.5. The number of ether oxygens (including phenoxy) is 1. The first kappa shape index (κ1) is 16.3. The average Bonchev–Trinajstić information content (AvgIpc) is 3.14. The molecule has 1 fully saturated rings. The summed E-state index contributed by atoms with van der Waals surface area (Å²) in [4.78, 5) is 16.6. The van der Waals surface area contributed by atoms with Gasteiger partial charge in [0.25, 0.3) is 0 Å². The molecule has 0 spiro atoms. The van der Waals surface area contributed by atoms with E-state index in [0.29, 0.717) is 0 Å². The van der Waals surface area contributed by atoms with E-state index in [4.69, 9.17) is 4.74 Å². The molecule has 0 bridgehead atoms. The number of aromatic nitrogens is 3. The van der Waals surface area contributed by atoms with Gasteiger partial charge in [0.1, 0.15) is 12.1 Å². The molecule has 7 nitrogen and oxygen atoms in total. The Hall–Kier alpha value is -3.22. The number of hydrogen-bond acceptors (Lipinski definition) is 5. The second kappa shape index (κ2) is 6.95. The van der Waals surface area contributed by atoms with Crippen LogP contribution in [0.1, 0.15) is 0 Å². The van der Waals surface area contributed by atoms with Gasteiger partial charge in [-0.25, -0.2) is 14.5 Å². The molecule has 134 valence electrons. The number of rotatable bonds is 4. The predicted molar refractivity (Wildman–Crippen MR) is 102 cm³/mol. The van der Waals surface area contributed by atoms with Crippen LogP contribution in [-0.2, 0) is 0 Å². The molecule has 1 aliphatic rings. The molecular formula is C19H21N5O2. The summed E-state index contributed by atoms with van der Waals surface area (Å²) in [7, 11) is 1.68. The number of anilines is 2. The number of para-hydroxylation sites is 2. The van der Waals surface area contributed by atoms with E-state index >= 15 is 0 Å². The summed E-state index contributed by atoms with van der Waals surface area (Å²) in [5.74, 6) is 0.867. The predicted octanol–water partition coefficient (Wildman–Crippen LogP) is 1.90. The van der Waals surface area contributed by atoms with Crippen LogP contribution >= 0.6 is 0 Å². The van der Waals surface area contributed by atoms with Gasteiger partial charge in [-0.15, -0.1) is 0 Å². The van der Waals surface area contributed by atoms with E-state index in [9.17, 15) is 4.79 Å². The summed E-state index contributed by atoms with van der Waals surface area (Å²) in [5.41, 5.74) is 2.87. The van der Waals surface area contributed by atoms with Crippen molar-refractivity contribution in [1.82, 2.24) is 14.8 Å². The van der Waals surface area contributed by atoms with Crippen molar-refractivity contribution in [3.05, 3.63) is 65.3 Å². The number of H-pyrrole nitrogens is 1.